The third kappa shape index (κ3) is 5.44. The van der Waals surface area contributed by atoms with Gasteiger partial charge < -0.3 is 0 Å². The van der Waals surface area contributed by atoms with Gasteiger partial charge in [0.25, 0.3) is 0 Å². The van der Waals surface area contributed by atoms with Gasteiger partial charge in [0.1, 0.15) is 11.6 Å². The Hall–Kier alpha value is -2.62. The van der Waals surface area contributed by atoms with E-state index >= 15 is 13.2 Å². The largest absolute Gasteiger partial charge is 0.206 e. The minimum atomic E-state index is -0.965. The van der Waals surface area contributed by atoms with Gasteiger partial charge in [-0.05, 0) is 103 Å². The maximum absolute atomic E-state index is 15.7. The van der Waals surface area contributed by atoms with Crippen molar-refractivity contribution < 1.29 is 17.6 Å². The molecule has 4 heteroatoms. The average molecular weight is 577 g/mol. The van der Waals surface area contributed by atoms with E-state index in [1.54, 1.807) is 30.3 Å². The van der Waals surface area contributed by atoms with Crippen molar-refractivity contribution in [2.45, 2.75) is 110 Å². The van der Waals surface area contributed by atoms with E-state index in [9.17, 15) is 4.39 Å². The van der Waals surface area contributed by atoms with Gasteiger partial charge in [-0.1, -0.05) is 83.1 Å². The normalized spacial score (nSPS) is 23.3. The van der Waals surface area contributed by atoms with Crippen LogP contribution in [0.15, 0.2) is 36.4 Å². The number of fused-ring (bicyclic) bond motifs is 4. The fourth-order valence-electron chi connectivity index (χ4n) is 8.34. The molecule has 3 aromatic carbocycles. The van der Waals surface area contributed by atoms with Gasteiger partial charge in [0.2, 0.25) is 0 Å². The molecule has 0 amide bonds. The summed E-state index contributed by atoms with van der Waals surface area (Å²) >= 11 is 0. The number of halogens is 4. The number of hydrogen-bond acceptors (Lipinski definition) is 0. The maximum atomic E-state index is 15.7. The molecule has 42 heavy (non-hydrogen) atoms. The Kier molecular flexibility index (Phi) is 8.80. The molecular formula is C38H44F4. The molecule has 0 bridgehead atoms. The van der Waals surface area contributed by atoms with Crippen LogP contribution >= 0.6 is 0 Å². The summed E-state index contributed by atoms with van der Waals surface area (Å²) in [6.45, 7) is 4.28. The predicted octanol–water partition coefficient (Wildman–Crippen LogP) is 12.2. The van der Waals surface area contributed by atoms with Gasteiger partial charge in [-0.3, -0.25) is 0 Å². The first-order valence-corrected chi connectivity index (χ1v) is 16.5. The second-order valence-corrected chi connectivity index (χ2v) is 13.3. The first-order valence-electron chi connectivity index (χ1n) is 16.5. The van der Waals surface area contributed by atoms with Crippen LogP contribution in [0.5, 0.6) is 0 Å². The lowest BCUT2D eigenvalue weighted by Crippen LogP contribution is -2.26. The van der Waals surface area contributed by atoms with E-state index in [0.717, 1.165) is 55.9 Å². The third-order valence-corrected chi connectivity index (χ3v) is 10.8. The summed E-state index contributed by atoms with van der Waals surface area (Å²) in [6.07, 6.45) is 16.3. The van der Waals surface area contributed by atoms with Gasteiger partial charge in [0.05, 0.1) is 0 Å². The van der Waals surface area contributed by atoms with E-state index in [2.05, 4.69) is 6.92 Å². The van der Waals surface area contributed by atoms with Gasteiger partial charge >= 0.3 is 0 Å². The lowest BCUT2D eigenvalue weighted by molar-refractivity contribution is 0.155. The Morgan fingerprint density at radius 1 is 0.595 bits per heavy atom. The molecule has 224 valence electrons. The van der Waals surface area contributed by atoms with E-state index in [1.807, 2.05) is 6.92 Å². The van der Waals surface area contributed by atoms with Crippen LogP contribution < -0.4 is 0 Å². The maximum Gasteiger partial charge on any atom is 0.167 e. The minimum Gasteiger partial charge on any atom is -0.206 e. The molecule has 0 radical (unpaired) electrons. The summed E-state index contributed by atoms with van der Waals surface area (Å²) in [4.78, 5) is 0. The number of unbranched alkanes of at least 4 members (excludes halogenated alkanes) is 2. The first-order chi connectivity index (χ1) is 20.4. The average Bonchev–Trinajstić information content (AvgIpc) is 2.99. The van der Waals surface area contributed by atoms with Crippen LogP contribution in [0.25, 0.3) is 33.4 Å². The van der Waals surface area contributed by atoms with Crippen LogP contribution in [0.2, 0.25) is 0 Å². The van der Waals surface area contributed by atoms with E-state index in [1.165, 1.54) is 57.4 Å². The van der Waals surface area contributed by atoms with Crippen molar-refractivity contribution in [3.63, 3.8) is 0 Å². The van der Waals surface area contributed by atoms with Gasteiger partial charge in [-0.15, -0.1) is 0 Å². The molecule has 0 aromatic heterocycles. The Morgan fingerprint density at radius 3 is 1.90 bits per heavy atom. The van der Waals surface area contributed by atoms with Crippen molar-refractivity contribution in [2.24, 2.45) is 17.8 Å². The fraction of sp³-hybridized carbons (Fsp3) is 0.526. The molecule has 3 aliphatic carbocycles. The summed E-state index contributed by atoms with van der Waals surface area (Å²) < 4.78 is 61.8. The Morgan fingerprint density at radius 2 is 1.24 bits per heavy atom. The lowest BCUT2D eigenvalue weighted by Gasteiger charge is -2.38. The standard InChI is InChI=1S/C38H44F4/c1-3-5-6-8-23-9-12-25(13-10-23)26-14-16-27(17-15-26)31-22-32-29-19-20-30(28-18-11-24(7-4-2)21-33(28)39)36(40)34(29)35(32)38(42)37(31)41/h11,18-23,25-27H,3-10,12-17H2,1-2H3. The van der Waals surface area contributed by atoms with Crippen LogP contribution in [-0.4, -0.2) is 0 Å². The van der Waals surface area contributed by atoms with E-state index in [4.69, 9.17) is 0 Å². The van der Waals surface area contributed by atoms with Crippen LogP contribution in [0.1, 0.15) is 114 Å². The summed E-state index contributed by atoms with van der Waals surface area (Å²) in [7, 11) is 0. The number of hydrogen-bond donors (Lipinski definition) is 0. The smallest absolute Gasteiger partial charge is 0.167 e. The second kappa shape index (κ2) is 12.5. The second-order valence-electron chi connectivity index (χ2n) is 13.3. The molecule has 0 aliphatic heterocycles. The Labute approximate surface area is 248 Å². The molecule has 0 N–H and O–H groups in total. The van der Waals surface area contributed by atoms with Crippen LogP contribution in [0, 0.1) is 41.0 Å². The van der Waals surface area contributed by atoms with Gasteiger partial charge in [-0.25, -0.2) is 17.6 Å². The topological polar surface area (TPSA) is 0 Å². The zero-order valence-corrected chi connectivity index (χ0v) is 25.2. The number of benzene rings is 3. The Bertz CT molecular complexity index is 1420. The highest BCUT2D eigenvalue weighted by atomic mass is 19.2. The van der Waals surface area contributed by atoms with E-state index in [-0.39, 0.29) is 28.2 Å². The molecule has 0 spiro atoms. The highest BCUT2D eigenvalue weighted by molar-refractivity contribution is 6.04. The monoisotopic (exact) mass is 576 g/mol. The van der Waals surface area contributed by atoms with Crippen LogP contribution in [0.4, 0.5) is 17.6 Å². The lowest BCUT2D eigenvalue weighted by atomic mass is 9.67. The van der Waals surface area contributed by atoms with Gasteiger partial charge in [0, 0.05) is 22.3 Å². The molecule has 0 heterocycles. The summed E-state index contributed by atoms with van der Waals surface area (Å²) in [5.74, 6) is -0.617. The number of rotatable bonds is 9. The molecule has 0 atom stereocenters. The van der Waals surface area contributed by atoms with Crippen molar-refractivity contribution in [3.05, 3.63) is 70.8 Å². The summed E-state index contributed by atoms with van der Waals surface area (Å²) in [5.41, 5.74) is 2.74. The SMILES string of the molecule is CCCCCC1CCC(C2CCC(c3cc4c(c(F)c3F)-c3c-4ccc(-c4ccc(CCC)cc4F)c3F)CC2)CC1. The fourth-order valence-corrected chi connectivity index (χ4v) is 8.34. The first kappa shape index (κ1) is 29.5. The summed E-state index contributed by atoms with van der Waals surface area (Å²) in [6, 6.07) is 9.88. The van der Waals surface area contributed by atoms with Crippen molar-refractivity contribution in [1.29, 1.82) is 0 Å². The molecule has 3 aromatic rings. The quantitative estimate of drug-likeness (QED) is 0.137. The molecule has 6 rings (SSSR count). The number of aryl methyl sites for hydroxylation is 1. The highest BCUT2D eigenvalue weighted by Gasteiger charge is 2.37. The van der Waals surface area contributed by atoms with Crippen molar-refractivity contribution in [3.8, 4) is 33.4 Å². The van der Waals surface area contributed by atoms with Crippen molar-refractivity contribution >= 4 is 0 Å². The van der Waals surface area contributed by atoms with Gasteiger partial charge in [-0.2, -0.15) is 0 Å². The third-order valence-electron chi connectivity index (χ3n) is 10.8. The molecule has 0 unspecified atom stereocenters. The predicted molar refractivity (Wildman–Crippen MR) is 164 cm³/mol. The van der Waals surface area contributed by atoms with Gasteiger partial charge in [0.15, 0.2) is 11.6 Å². The van der Waals surface area contributed by atoms with Crippen LogP contribution in [-0.2, 0) is 6.42 Å². The zero-order chi connectivity index (χ0) is 29.4. The van der Waals surface area contributed by atoms with Crippen LogP contribution in [0.3, 0.4) is 0 Å². The molecule has 3 aliphatic rings. The van der Waals surface area contributed by atoms with Crippen molar-refractivity contribution in [1.82, 2.24) is 0 Å². The Balaban J connectivity index is 1.15. The molecule has 0 saturated heterocycles. The zero-order valence-electron chi connectivity index (χ0n) is 25.2. The van der Waals surface area contributed by atoms with E-state index < -0.39 is 23.3 Å². The van der Waals surface area contributed by atoms with E-state index in [0.29, 0.717) is 22.6 Å². The highest BCUT2D eigenvalue weighted by Crippen LogP contribution is 2.54. The molecule has 0 nitrogen and oxygen atoms in total. The van der Waals surface area contributed by atoms with Crippen molar-refractivity contribution in [2.75, 3.05) is 0 Å². The molecule has 2 fully saturated rings. The molecule has 2 saturated carbocycles. The summed E-state index contributed by atoms with van der Waals surface area (Å²) in [5, 5.41) is 0. The minimum absolute atomic E-state index is 0.00186. The molecular weight excluding hydrogens is 532 g/mol.